The van der Waals surface area contributed by atoms with Gasteiger partial charge in [-0.1, -0.05) is 42.5 Å². The number of nitrogens with zero attached hydrogens (tertiary/aromatic N) is 2. The highest BCUT2D eigenvalue weighted by Crippen LogP contribution is 2.41. The molecular formula is C22H27N3O2. The van der Waals surface area contributed by atoms with Gasteiger partial charge in [-0.05, 0) is 30.2 Å². The fourth-order valence-electron chi connectivity index (χ4n) is 3.90. The Morgan fingerprint density at radius 2 is 2.00 bits per heavy atom. The van der Waals surface area contributed by atoms with Crippen LogP contribution in [0.2, 0.25) is 0 Å². The summed E-state index contributed by atoms with van der Waals surface area (Å²) in [5, 5.41) is 13.0. The summed E-state index contributed by atoms with van der Waals surface area (Å²) in [5.41, 5.74) is 3.31. The third-order valence-electron chi connectivity index (χ3n) is 5.18. The molecule has 0 saturated carbocycles. The molecule has 0 unspecified atom stereocenters. The predicted molar refractivity (Wildman–Crippen MR) is 107 cm³/mol. The van der Waals surface area contributed by atoms with Crippen molar-refractivity contribution in [1.29, 1.82) is 0 Å². The molecule has 1 fully saturated rings. The molecule has 2 N–H and O–H groups in total. The largest absolute Gasteiger partial charge is 0.395 e. The third kappa shape index (κ3) is 4.43. The van der Waals surface area contributed by atoms with Crippen LogP contribution in [0.4, 0.5) is 0 Å². The van der Waals surface area contributed by atoms with Gasteiger partial charge in [0.2, 0.25) is 5.91 Å². The number of aromatic nitrogens is 1. The van der Waals surface area contributed by atoms with Gasteiger partial charge in [-0.2, -0.15) is 0 Å². The maximum absolute atomic E-state index is 11.5. The minimum absolute atomic E-state index is 0.0123. The van der Waals surface area contributed by atoms with Crippen molar-refractivity contribution in [3.8, 4) is 0 Å². The molecule has 0 radical (unpaired) electrons. The highest BCUT2D eigenvalue weighted by atomic mass is 16.3. The molecule has 1 aromatic heterocycles. The van der Waals surface area contributed by atoms with Gasteiger partial charge in [0.05, 0.1) is 12.3 Å². The molecule has 2 aromatic rings. The molecule has 0 spiro atoms. The van der Waals surface area contributed by atoms with Crippen molar-refractivity contribution >= 4 is 12.0 Å². The normalized spacial score (nSPS) is 22.6. The van der Waals surface area contributed by atoms with E-state index >= 15 is 0 Å². The molecule has 1 amide bonds. The van der Waals surface area contributed by atoms with Crippen LogP contribution in [0.15, 0.2) is 54.7 Å². The van der Waals surface area contributed by atoms with Gasteiger partial charge in [0, 0.05) is 44.2 Å². The second kappa shape index (κ2) is 8.93. The maximum atomic E-state index is 11.5. The Labute approximate surface area is 160 Å². The number of carbonyl (C=O) groups is 1. The number of amides is 1. The maximum Gasteiger partial charge on any atom is 0.216 e. The summed E-state index contributed by atoms with van der Waals surface area (Å²) in [7, 11) is 0. The number of carbonyl (C=O) groups excluding carboxylic acids is 1. The molecular weight excluding hydrogens is 338 g/mol. The Morgan fingerprint density at radius 1 is 1.22 bits per heavy atom. The zero-order chi connectivity index (χ0) is 19.2. The lowest BCUT2D eigenvalue weighted by molar-refractivity contribution is -0.120. The summed E-state index contributed by atoms with van der Waals surface area (Å²) in [6.07, 6.45) is 5.86. The van der Waals surface area contributed by atoms with E-state index in [0.717, 1.165) is 11.3 Å². The first kappa shape index (κ1) is 19.3. The quantitative estimate of drug-likeness (QED) is 0.792. The van der Waals surface area contributed by atoms with E-state index in [1.807, 2.05) is 31.2 Å². The number of nitrogens with one attached hydrogen (secondary N) is 1. The van der Waals surface area contributed by atoms with Gasteiger partial charge in [-0.15, -0.1) is 0 Å². The van der Waals surface area contributed by atoms with Crippen LogP contribution in [0.5, 0.6) is 0 Å². The first-order valence-electron chi connectivity index (χ1n) is 9.37. The Kier molecular flexibility index (Phi) is 6.37. The lowest BCUT2D eigenvalue weighted by Crippen LogP contribution is -2.66. The summed E-state index contributed by atoms with van der Waals surface area (Å²) in [5.74, 6) is 0.132. The topological polar surface area (TPSA) is 65.5 Å². The number of rotatable bonds is 7. The van der Waals surface area contributed by atoms with Crippen molar-refractivity contribution in [2.45, 2.75) is 38.4 Å². The average Bonchev–Trinajstić information content (AvgIpc) is 2.67. The van der Waals surface area contributed by atoms with E-state index in [1.54, 1.807) is 6.20 Å². The second-order valence-electron chi connectivity index (χ2n) is 6.94. The lowest BCUT2D eigenvalue weighted by Gasteiger charge is -2.55. The summed E-state index contributed by atoms with van der Waals surface area (Å²) in [6.45, 7) is 4.82. The molecule has 2 heterocycles. The molecule has 3 atom stereocenters. The summed E-state index contributed by atoms with van der Waals surface area (Å²) < 4.78 is 0. The van der Waals surface area contributed by atoms with Crippen LogP contribution in [-0.4, -0.2) is 46.1 Å². The van der Waals surface area contributed by atoms with E-state index in [1.165, 1.54) is 12.5 Å². The van der Waals surface area contributed by atoms with E-state index in [4.69, 9.17) is 0 Å². The number of likely N-dealkylation sites (tertiary alicyclic amines) is 1. The van der Waals surface area contributed by atoms with Crippen LogP contribution in [0, 0.1) is 0 Å². The molecule has 27 heavy (non-hydrogen) atoms. The van der Waals surface area contributed by atoms with Crippen molar-refractivity contribution in [1.82, 2.24) is 15.2 Å². The van der Waals surface area contributed by atoms with Gasteiger partial charge in [-0.25, -0.2) is 0 Å². The SMILES string of the molecule is C/C=C/c1ccc([C@@H]2[C@@H](CO)N(Cc3ccccn3)[C@H]2CNC(C)=O)cc1. The number of pyridine rings is 1. The Balaban J connectivity index is 1.82. The number of benzene rings is 1. The van der Waals surface area contributed by atoms with E-state index in [2.05, 4.69) is 45.5 Å². The van der Waals surface area contributed by atoms with Gasteiger partial charge in [-0.3, -0.25) is 14.7 Å². The van der Waals surface area contributed by atoms with Gasteiger partial charge in [0.25, 0.3) is 0 Å². The molecule has 3 rings (SSSR count). The number of hydrogen-bond acceptors (Lipinski definition) is 4. The standard InChI is InChI=1S/C22H27N3O2/c1-3-6-17-8-10-18(11-9-17)22-20(13-24-16(2)27)25(21(22)15-26)14-19-7-4-5-12-23-19/h3-12,20-22,26H,13-15H2,1-2H3,(H,24,27)/b6-3+/t20-,21+,22-/m0/s1. The smallest absolute Gasteiger partial charge is 0.216 e. The van der Waals surface area contributed by atoms with Crippen molar-refractivity contribution in [2.75, 3.05) is 13.2 Å². The zero-order valence-corrected chi connectivity index (χ0v) is 15.9. The first-order valence-corrected chi connectivity index (χ1v) is 9.37. The van der Waals surface area contributed by atoms with Crippen molar-refractivity contribution < 1.29 is 9.90 Å². The Bertz CT molecular complexity index is 774. The van der Waals surface area contributed by atoms with Crippen molar-refractivity contribution in [2.24, 2.45) is 0 Å². The first-order chi connectivity index (χ1) is 13.1. The fourth-order valence-corrected chi connectivity index (χ4v) is 3.90. The molecule has 5 nitrogen and oxygen atoms in total. The number of aliphatic hydroxyl groups is 1. The van der Waals surface area contributed by atoms with Gasteiger partial charge < -0.3 is 10.4 Å². The average molecular weight is 365 g/mol. The van der Waals surface area contributed by atoms with Crippen LogP contribution < -0.4 is 5.32 Å². The molecule has 1 aliphatic heterocycles. The lowest BCUT2D eigenvalue weighted by atomic mass is 9.74. The molecule has 1 aromatic carbocycles. The Hall–Kier alpha value is -2.50. The van der Waals surface area contributed by atoms with Crippen LogP contribution in [0.1, 0.15) is 36.6 Å². The van der Waals surface area contributed by atoms with Gasteiger partial charge in [0.1, 0.15) is 0 Å². The summed E-state index contributed by atoms with van der Waals surface area (Å²) >= 11 is 0. The number of hydrogen-bond donors (Lipinski definition) is 2. The molecule has 1 saturated heterocycles. The van der Waals surface area contributed by atoms with Crippen LogP contribution in [0.3, 0.4) is 0 Å². The second-order valence-corrected chi connectivity index (χ2v) is 6.94. The van der Waals surface area contributed by atoms with E-state index in [-0.39, 0.29) is 30.5 Å². The monoisotopic (exact) mass is 365 g/mol. The molecule has 5 heteroatoms. The van der Waals surface area contributed by atoms with Crippen molar-refractivity contribution in [3.63, 3.8) is 0 Å². The van der Waals surface area contributed by atoms with Crippen molar-refractivity contribution in [3.05, 3.63) is 71.6 Å². The number of allylic oxidation sites excluding steroid dienone is 1. The van der Waals surface area contributed by atoms with Crippen LogP contribution in [-0.2, 0) is 11.3 Å². The van der Waals surface area contributed by atoms with Gasteiger partial charge >= 0.3 is 0 Å². The van der Waals surface area contributed by atoms with Crippen LogP contribution in [0.25, 0.3) is 6.08 Å². The fraction of sp³-hybridized carbons (Fsp3) is 0.364. The third-order valence-corrected chi connectivity index (χ3v) is 5.18. The minimum atomic E-state index is -0.0394. The highest BCUT2D eigenvalue weighted by molar-refractivity contribution is 5.72. The van der Waals surface area contributed by atoms with Gasteiger partial charge in [0.15, 0.2) is 0 Å². The molecule has 0 bridgehead atoms. The molecule has 142 valence electrons. The van der Waals surface area contributed by atoms with E-state index in [0.29, 0.717) is 13.1 Å². The zero-order valence-electron chi connectivity index (χ0n) is 15.9. The minimum Gasteiger partial charge on any atom is -0.395 e. The summed E-state index contributed by atoms with van der Waals surface area (Å²) in [6, 6.07) is 14.4. The highest BCUT2D eigenvalue weighted by Gasteiger charge is 2.48. The molecule has 1 aliphatic rings. The predicted octanol–water partition coefficient (Wildman–Crippen LogP) is 2.58. The van der Waals surface area contributed by atoms with E-state index in [9.17, 15) is 9.90 Å². The Morgan fingerprint density at radius 3 is 2.59 bits per heavy atom. The molecule has 0 aliphatic carbocycles. The number of aliphatic hydroxyl groups excluding tert-OH is 1. The van der Waals surface area contributed by atoms with E-state index < -0.39 is 0 Å². The van der Waals surface area contributed by atoms with Crippen LogP contribution >= 0.6 is 0 Å². The summed E-state index contributed by atoms with van der Waals surface area (Å²) in [4.78, 5) is 18.1.